The smallest absolute Gasteiger partial charge is 0.450 e. The van der Waals surface area contributed by atoms with Gasteiger partial charge in [0.25, 0.3) is 0 Å². The summed E-state index contributed by atoms with van der Waals surface area (Å²) in [7, 11) is 0. The summed E-state index contributed by atoms with van der Waals surface area (Å²) < 4.78 is 9.87. The standard InChI is InChI=1S/C13H26O3.2CH2O3/c1-3-5-7-9-11-15-13(14)16-12-10-8-6-4-2;2*2-1(3)4/h3-12H2,1-2H3;2*(H2,2,3,4). The summed E-state index contributed by atoms with van der Waals surface area (Å²) in [5, 5.41) is 27.9. The molecule has 0 saturated carbocycles. The van der Waals surface area contributed by atoms with Crippen molar-refractivity contribution in [2.75, 3.05) is 13.2 Å². The van der Waals surface area contributed by atoms with Crippen molar-refractivity contribution >= 4 is 18.5 Å². The molecule has 0 radical (unpaired) electrons. The van der Waals surface area contributed by atoms with Crippen LogP contribution in [0, 0.1) is 0 Å². The SMILES string of the molecule is CCCCCCOC(=O)OCCCCCC.O=C(O)O.O=C(O)O. The number of hydrogen-bond acceptors (Lipinski definition) is 5. The highest BCUT2D eigenvalue weighted by Crippen LogP contribution is 2.01. The molecule has 0 atom stereocenters. The Morgan fingerprint density at radius 1 is 0.625 bits per heavy atom. The van der Waals surface area contributed by atoms with Crippen LogP contribution in [0.1, 0.15) is 65.2 Å². The molecule has 0 fully saturated rings. The van der Waals surface area contributed by atoms with E-state index in [1.807, 2.05) is 0 Å². The van der Waals surface area contributed by atoms with Gasteiger partial charge in [0.1, 0.15) is 0 Å². The second-order valence-corrected chi connectivity index (χ2v) is 4.63. The molecular formula is C15H30O9. The number of carboxylic acid groups (broad SMARTS) is 4. The first-order valence-corrected chi connectivity index (χ1v) is 7.91. The molecule has 4 N–H and O–H groups in total. The average Bonchev–Trinajstić information content (AvgIpc) is 2.45. The molecule has 9 nitrogen and oxygen atoms in total. The zero-order valence-corrected chi connectivity index (χ0v) is 14.4. The zero-order chi connectivity index (χ0) is 19.2. The molecule has 0 aliphatic carbocycles. The van der Waals surface area contributed by atoms with Crippen molar-refractivity contribution in [1.82, 2.24) is 0 Å². The summed E-state index contributed by atoms with van der Waals surface area (Å²) in [6.45, 7) is 5.30. The van der Waals surface area contributed by atoms with E-state index in [1.165, 1.54) is 25.7 Å². The molecule has 144 valence electrons. The van der Waals surface area contributed by atoms with Gasteiger partial charge in [-0.1, -0.05) is 52.4 Å². The van der Waals surface area contributed by atoms with Crippen LogP contribution in [0.25, 0.3) is 0 Å². The summed E-state index contributed by atoms with van der Waals surface area (Å²) in [6.07, 6.45) is 4.76. The van der Waals surface area contributed by atoms with Gasteiger partial charge < -0.3 is 29.9 Å². The van der Waals surface area contributed by atoms with Gasteiger partial charge in [-0.2, -0.15) is 0 Å². The molecule has 0 bridgehead atoms. The Balaban J connectivity index is -0.000000457. The van der Waals surface area contributed by atoms with Crippen LogP contribution in [-0.4, -0.2) is 52.1 Å². The first kappa shape index (κ1) is 26.7. The topological polar surface area (TPSA) is 151 Å². The fourth-order valence-corrected chi connectivity index (χ4v) is 1.41. The van der Waals surface area contributed by atoms with Crippen LogP contribution in [0.2, 0.25) is 0 Å². The van der Waals surface area contributed by atoms with E-state index in [2.05, 4.69) is 13.8 Å². The van der Waals surface area contributed by atoms with Crippen LogP contribution in [0.3, 0.4) is 0 Å². The van der Waals surface area contributed by atoms with Crippen LogP contribution in [0.4, 0.5) is 14.4 Å². The van der Waals surface area contributed by atoms with E-state index in [1.54, 1.807) is 0 Å². The Kier molecular flexibility index (Phi) is 25.7. The maximum Gasteiger partial charge on any atom is 0.508 e. The van der Waals surface area contributed by atoms with E-state index < -0.39 is 18.5 Å². The molecule has 0 amide bonds. The third-order valence-electron chi connectivity index (χ3n) is 2.44. The van der Waals surface area contributed by atoms with Crippen molar-refractivity contribution in [3.05, 3.63) is 0 Å². The van der Waals surface area contributed by atoms with E-state index >= 15 is 0 Å². The number of ether oxygens (including phenoxy) is 2. The molecule has 0 spiro atoms. The molecule has 0 saturated heterocycles. The van der Waals surface area contributed by atoms with Gasteiger partial charge in [0.15, 0.2) is 0 Å². The van der Waals surface area contributed by atoms with Gasteiger partial charge >= 0.3 is 18.5 Å². The summed E-state index contributed by atoms with van der Waals surface area (Å²) in [6, 6.07) is 0. The van der Waals surface area contributed by atoms with Crippen molar-refractivity contribution < 1.29 is 44.3 Å². The molecule has 0 aromatic carbocycles. The lowest BCUT2D eigenvalue weighted by molar-refractivity contribution is 0.0529. The van der Waals surface area contributed by atoms with Crippen molar-refractivity contribution in [3.8, 4) is 0 Å². The van der Waals surface area contributed by atoms with Gasteiger partial charge in [0, 0.05) is 0 Å². The lowest BCUT2D eigenvalue weighted by Gasteiger charge is -2.05. The monoisotopic (exact) mass is 354 g/mol. The molecule has 9 heteroatoms. The minimum Gasteiger partial charge on any atom is -0.450 e. The lowest BCUT2D eigenvalue weighted by atomic mass is 10.2. The number of hydrogen-bond donors (Lipinski definition) is 4. The summed E-state index contributed by atoms with van der Waals surface area (Å²) in [5.41, 5.74) is 0. The predicted octanol–water partition coefficient (Wildman–Crippen LogP) is 4.75. The molecule has 0 heterocycles. The van der Waals surface area contributed by atoms with Gasteiger partial charge in [0.05, 0.1) is 13.2 Å². The van der Waals surface area contributed by atoms with Crippen LogP contribution in [0.15, 0.2) is 0 Å². The first-order valence-electron chi connectivity index (χ1n) is 7.91. The number of carbonyl (C=O) groups excluding carboxylic acids is 1. The van der Waals surface area contributed by atoms with E-state index in [9.17, 15) is 4.79 Å². The summed E-state index contributed by atoms with van der Waals surface area (Å²) in [5.74, 6) is 0. The molecule has 0 unspecified atom stereocenters. The van der Waals surface area contributed by atoms with E-state index in [0.29, 0.717) is 13.2 Å². The van der Waals surface area contributed by atoms with E-state index in [-0.39, 0.29) is 0 Å². The fraction of sp³-hybridized carbons (Fsp3) is 0.800. The second-order valence-electron chi connectivity index (χ2n) is 4.63. The molecule has 0 aliphatic rings. The molecule has 0 rings (SSSR count). The molecular weight excluding hydrogens is 324 g/mol. The highest BCUT2D eigenvalue weighted by molar-refractivity contribution is 5.59. The molecule has 24 heavy (non-hydrogen) atoms. The molecule has 0 aromatic heterocycles. The van der Waals surface area contributed by atoms with Crippen molar-refractivity contribution in [1.29, 1.82) is 0 Å². The van der Waals surface area contributed by atoms with Crippen molar-refractivity contribution in [2.24, 2.45) is 0 Å². The Hall–Kier alpha value is -2.19. The highest BCUT2D eigenvalue weighted by Gasteiger charge is 2.02. The van der Waals surface area contributed by atoms with Crippen LogP contribution >= 0.6 is 0 Å². The second kappa shape index (κ2) is 23.1. The number of unbranched alkanes of at least 4 members (excludes halogenated alkanes) is 6. The average molecular weight is 354 g/mol. The summed E-state index contributed by atoms with van der Waals surface area (Å²) in [4.78, 5) is 28.2. The lowest BCUT2D eigenvalue weighted by Crippen LogP contribution is -2.09. The Morgan fingerprint density at radius 2 is 0.917 bits per heavy atom. The molecule has 0 aliphatic heterocycles. The minimum absolute atomic E-state index is 0.494. The van der Waals surface area contributed by atoms with Gasteiger partial charge in [-0.15, -0.1) is 0 Å². The maximum atomic E-state index is 11.1. The van der Waals surface area contributed by atoms with Crippen molar-refractivity contribution in [3.63, 3.8) is 0 Å². The van der Waals surface area contributed by atoms with Gasteiger partial charge in [-0.25, -0.2) is 14.4 Å². The van der Waals surface area contributed by atoms with Gasteiger partial charge in [0.2, 0.25) is 0 Å². The highest BCUT2D eigenvalue weighted by atomic mass is 16.7. The Bertz CT molecular complexity index is 269. The Morgan fingerprint density at radius 3 is 1.17 bits per heavy atom. The summed E-state index contributed by atoms with van der Waals surface area (Å²) >= 11 is 0. The van der Waals surface area contributed by atoms with Gasteiger partial charge in [-0.3, -0.25) is 0 Å². The minimum atomic E-state index is -1.83. The molecule has 0 aromatic rings. The number of carbonyl (C=O) groups is 3. The normalized spacial score (nSPS) is 8.75. The van der Waals surface area contributed by atoms with Crippen LogP contribution in [-0.2, 0) is 9.47 Å². The maximum absolute atomic E-state index is 11.1. The predicted molar refractivity (Wildman–Crippen MR) is 86.9 cm³/mol. The fourth-order valence-electron chi connectivity index (χ4n) is 1.41. The number of rotatable bonds is 10. The third-order valence-corrected chi connectivity index (χ3v) is 2.44. The largest absolute Gasteiger partial charge is 0.508 e. The zero-order valence-electron chi connectivity index (χ0n) is 14.4. The first-order chi connectivity index (χ1) is 11.3. The quantitative estimate of drug-likeness (QED) is 0.322. The van der Waals surface area contributed by atoms with E-state index in [0.717, 1.165) is 25.7 Å². The van der Waals surface area contributed by atoms with Gasteiger partial charge in [-0.05, 0) is 12.8 Å². The third kappa shape index (κ3) is 50.3. The van der Waals surface area contributed by atoms with Crippen LogP contribution < -0.4 is 0 Å². The van der Waals surface area contributed by atoms with Crippen LogP contribution in [0.5, 0.6) is 0 Å². The van der Waals surface area contributed by atoms with E-state index in [4.69, 9.17) is 39.5 Å². The van der Waals surface area contributed by atoms with Crippen molar-refractivity contribution in [2.45, 2.75) is 65.2 Å². The Labute approximate surface area is 142 Å².